The maximum atomic E-state index is 13.5. The molecular formula is C33H42Cl2N2O2S. The van der Waals surface area contributed by atoms with E-state index in [9.17, 15) is 9.00 Å². The minimum Gasteiger partial charge on any atom is -0.326 e. The van der Waals surface area contributed by atoms with E-state index in [1.54, 1.807) is 18.4 Å². The Bertz CT molecular complexity index is 1260. The van der Waals surface area contributed by atoms with E-state index < -0.39 is 10.8 Å². The van der Waals surface area contributed by atoms with Gasteiger partial charge in [0.25, 0.3) is 0 Å². The number of nitrogens with zero attached hydrogens (tertiary/aromatic N) is 1. The van der Waals surface area contributed by atoms with Crippen molar-refractivity contribution in [1.29, 1.82) is 0 Å². The first kappa shape index (κ1) is 28.7. The van der Waals surface area contributed by atoms with E-state index in [0.29, 0.717) is 33.2 Å². The lowest BCUT2D eigenvalue weighted by Gasteiger charge is -2.29. The number of unbranched alkanes of at least 4 members (excludes halogenated alkanes) is 1. The topological polar surface area (TPSA) is 49.4 Å². The molecule has 4 aliphatic rings. The van der Waals surface area contributed by atoms with E-state index >= 15 is 0 Å². The van der Waals surface area contributed by atoms with Crippen LogP contribution in [0.4, 0.5) is 5.69 Å². The van der Waals surface area contributed by atoms with Crippen molar-refractivity contribution in [2.24, 2.45) is 35.0 Å². The van der Waals surface area contributed by atoms with Gasteiger partial charge in [-0.2, -0.15) is 0 Å². The fraction of sp³-hybridized carbons (Fsp3) is 0.606. The van der Waals surface area contributed by atoms with Crippen LogP contribution in [0.2, 0.25) is 10.0 Å². The summed E-state index contributed by atoms with van der Waals surface area (Å²) in [5, 5.41) is 4.14. The molecule has 0 radical (unpaired) electrons. The SMILES string of the molecule is CS(=O)c1cccc(C[C@@]23CC[C@@H](C4C(CCCCN5CCCC5)C4C(=O)Nc4ccc(Cl)c(Cl)c4)CC2C3)c1. The summed E-state index contributed by atoms with van der Waals surface area (Å²) in [5.41, 5.74) is 2.48. The smallest absolute Gasteiger partial charge is 0.228 e. The molecule has 3 saturated carbocycles. The Kier molecular flexibility index (Phi) is 8.66. The van der Waals surface area contributed by atoms with Crippen LogP contribution in [-0.2, 0) is 22.0 Å². The van der Waals surface area contributed by atoms with Gasteiger partial charge < -0.3 is 10.2 Å². The zero-order chi connectivity index (χ0) is 27.9. The van der Waals surface area contributed by atoms with Gasteiger partial charge in [-0.15, -0.1) is 0 Å². The van der Waals surface area contributed by atoms with E-state index in [2.05, 4.69) is 28.4 Å². The first-order chi connectivity index (χ1) is 19.3. The van der Waals surface area contributed by atoms with Gasteiger partial charge in [0.15, 0.2) is 0 Å². The lowest BCUT2D eigenvalue weighted by Crippen LogP contribution is -2.22. The fourth-order valence-electron chi connectivity index (χ4n) is 8.23. The zero-order valence-electron chi connectivity index (χ0n) is 23.5. The summed E-state index contributed by atoms with van der Waals surface area (Å²) in [6.07, 6.45) is 14.2. The van der Waals surface area contributed by atoms with E-state index in [-0.39, 0.29) is 11.8 Å². The number of likely N-dealkylation sites (tertiary alicyclic amines) is 1. The predicted molar refractivity (Wildman–Crippen MR) is 165 cm³/mol. The van der Waals surface area contributed by atoms with Crippen molar-refractivity contribution < 1.29 is 9.00 Å². The van der Waals surface area contributed by atoms with Crippen LogP contribution in [-0.4, -0.2) is 40.9 Å². The summed E-state index contributed by atoms with van der Waals surface area (Å²) in [6.45, 7) is 3.72. The van der Waals surface area contributed by atoms with Crippen LogP contribution in [0.3, 0.4) is 0 Å². The van der Waals surface area contributed by atoms with Crippen LogP contribution >= 0.6 is 23.2 Å². The van der Waals surface area contributed by atoms with Crippen molar-refractivity contribution in [2.45, 2.75) is 69.1 Å². The monoisotopic (exact) mass is 600 g/mol. The van der Waals surface area contributed by atoms with Crippen LogP contribution in [0.25, 0.3) is 0 Å². The third kappa shape index (κ3) is 6.33. The lowest BCUT2D eigenvalue weighted by molar-refractivity contribution is -0.118. The number of carbonyl (C=O) groups is 1. The highest BCUT2D eigenvalue weighted by Gasteiger charge is 2.63. The fourth-order valence-corrected chi connectivity index (χ4v) is 9.11. The Morgan fingerprint density at radius 1 is 1.10 bits per heavy atom. The predicted octanol–water partition coefficient (Wildman–Crippen LogP) is 7.85. The molecule has 1 amide bonds. The number of amides is 1. The molecule has 0 bridgehead atoms. The molecule has 6 rings (SSSR count). The molecule has 2 aromatic carbocycles. The Hall–Kier alpha value is -1.40. The van der Waals surface area contributed by atoms with Crippen molar-refractivity contribution in [2.75, 3.05) is 31.2 Å². The summed E-state index contributed by atoms with van der Waals surface area (Å²) in [6, 6.07) is 13.7. The van der Waals surface area contributed by atoms with E-state index in [1.807, 2.05) is 12.1 Å². The molecule has 3 aliphatic carbocycles. The summed E-state index contributed by atoms with van der Waals surface area (Å²) >= 11 is 12.3. The first-order valence-corrected chi connectivity index (χ1v) is 17.5. The highest BCUT2D eigenvalue weighted by molar-refractivity contribution is 7.84. The molecule has 216 valence electrons. The molecule has 0 spiro atoms. The van der Waals surface area contributed by atoms with Gasteiger partial charge in [0, 0.05) is 33.6 Å². The molecule has 0 aromatic heterocycles. The average molecular weight is 602 g/mol. The average Bonchev–Trinajstić information content (AvgIpc) is 3.77. The minimum absolute atomic E-state index is 0.105. The highest BCUT2D eigenvalue weighted by atomic mass is 35.5. The molecule has 1 saturated heterocycles. The zero-order valence-corrected chi connectivity index (χ0v) is 25.9. The molecule has 1 heterocycles. The van der Waals surface area contributed by atoms with E-state index in [4.69, 9.17) is 23.2 Å². The summed E-state index contributed by atoms with van der Waals surface area (Å²) in [7, 11) is -0.939. The summed E-state index contributed by atoms with van der Waals surface area (Å²) in [4.78, 5) is 17.1. The normalized spacial score (nSPS) is 31.9. The Morgan fingerprint density at radius 3 is 2.67 bits per heavy atom. The largest absolute Gasteiger partial charge is 0.326 e. The summed E-state index contributed by atoms with van der Waals surface area (Å²) in [5.74, 6) is 2.66. The van der Waals surface area contributed by atoms with Crippen LogP contribution < -0.4 is 5.32 Å². The number of hydrogen-bond donors (Lipinski definition) is 1. The quantitative estimate of drug-likeness (QED) is 0.267. The van der Waals surface area contributed by atoms with Crippen molar-refractivity contribution in [3.05, 3.63) is 58.1 Å². The van der Waals surface area contributed by atoms with Crippen molar-refractivity contribution >= 4 is 45.6 Å². The van der Waals surface area contributed by atoms with Gasteiger partial charge in [-0.05, 0) is 142 Å². The third-order valence-corrected chi connectivity index (χ3v) is 12.1. The highest BCUT2D eigenvalue weighted by Crippen LogP contribution is 2.68. The number of nitrogens with one attached hydrogen (secondary N) is 1. The molecule has 7 atom stereocenters. The molecule has 4 nitrogen and oxygen atoms in total. The second kappa shape index (κ2) is 12.1. The number of carbonyl (C=O) groups excluding carboxylic acids is 1. The van der Waals surface area contributed by atoms with Crippen molar-refractivity contribution in [3.63, 3.8) is 0 Å². The van der Waals surface area contributed by atoms with Crippen LogP contribution in [0.5, 0.6) is 0 Å². The van der Waals surface area contributed by atoms with Crippen LogP contribution in [0.15, 0.2) is 47.4 Å². The number of fused-ring (bicyclic) bond motifs is 1. The molecular weight excluding hydrogens is 559 g/mol. The Morgan fingerprint density at radius 2 is 1.93 bits per heavy atom. The van der Waals surface area contributed by atoms with Gasteiger partial charge >= 0.3 is 0 Å². The number of halogens is 2. The number of rotatable bonds is 11. The molecule has 5 unspecified atom stereocenters. The Balaban J connectivity index is 1.08. The minimum atomic E-state index is -0.939. The Labute approximate surface area is 252 Å². The van der Waals surface area contributed by atoms with E-state index in [1.165, 1.54) is 76.6 Å². The van der Waals surface area contributed by atoms with Gasteiger partial charge in [-0.3, -0.25) is 9.00 Å². The number of benzene rings is 2. The van der Waals surface area contributed by atoms with Gasteiger partial charge in [0.05, 0.1) is 10.0 Å². The number of hydrogen-bond acceptors (Lipinski definition) is 3. The molecule has 7 heteroatoms. The van der Waals surface area contributed by atoms with E-state index in [0.717, 1.165) is 29.3 Å². The van der Waals surface area contributed by atoms with Crippen molar-refractivity contribution in [3.8, 4) is 0 Å². The maximum Gasteiger partial charge on any atom is 0.228 e. The number of anilines is 1. The van der Waals surface area contributed by atoms with Gasteiger partial charge in [0.2, 0.25) is 5.91 Å². The van der Waals surface area contributed by atoms with Gasteiger partial charge in [0.1, 0.15) is 0 Å². The molecule has 1 aliphatic heterocycles. The molecule has 1 N–H and O–H groups in total. The third-order valence-electron chi connectivity index (χ3n) is 10.5. The summed E-state index contributed by atoms with van der Waals surface area (Å²) < 4.78 is 12.0. The van der Waals surface area contributed by atoms with Crippen molar-refractivity contribution in [1.82, 2.24) is 4.90 Å². The maximum absolute atomic E-state index is 13.5. The second-order valence-corrected chi connectivity index (χ2v) is 15.2. The van der Waals surface area contributed by atoms with Gasteiger partial charge in [-0.25, -0.2) is 0 Å². The standard InChI is InChI=1S/C33H42Cl2N2O2S/c1-40(39)26-8-6-7-22(17-26)20-33-13-12-23(18-24(33)21-33)30-27(9-2-3-14-37-15-4-5-16-37)31(30)32(38)36-25-10-11-28(34)29(35)19-25/h6-8,10-11,17,19,23-24,27,30-31H,2-5,9,12-16,18,20-21H2,1H3,(H,36,38)/t23-,24?,27?,30?,31?,33-,40?/m1/s1. The van der Waals surface area contributed by atoms with Gasteiger partial charge in [-0.1, -0.05) is 41.8 Å². The molecule has 2 aromatic rings. The first-order valence-electron chi connectivity index (χ1n) is 15.2. The second-order valence-electron chi connectivity index (χ2n) is 13.0. The van der Waals surface area contributed by atoms with Crippen LogP contribution in [0.1, 0.15) is 63.4 Å². The molecule has 40 heavy (non-hydrogen) atoms. The van der Waals surface area contributed by atoms with Crippen LogP contribution in [0, 0.1) is 35.0 Å². The molecule has 4 fully saturated rings. The lowest BCUT2D eigenvalue weighted by atomic mass is 9.76.